The molecule has 2 nitrogen and oxygen atoms in total. The zero-order valence-corrected chi connectivity index (χ0v) is 26.1. The number of aromatic nitrogens is 2. The number of benzene rings is 7. The van der Waals surface area contributed by atoms with E-state index < -0.39 is 0 Å². The second kappa shape index (κ2) is 10.3. The van der Waals surface area contributed by atoms with E-state index in [2.05, 4.69) is 152 Å². The molecule has 0 fully saturated rings. The van der Waals surface area contributed by atoms with Crippen LogP contribution in [0, 0.1) is 0 Å². The highest BCUT2D eigenvalue weighted by atomic mass is 32.1. The monoisotopic (exact) mass is 614 g/mol. The van der Waals surface area contributed by atoms with Crippen molar-refractivity contribution in [3.8, 4) is 33.6 Å². The smallest absolute Gasteiger partial charge is 0.0972 e. The molecule has 0 spiro atoms. The van der Waals surface area contributed by atoms with Gasteiger partial charge in [-0.05, 0) is 56.9 Å². The third kappa shape index (κ3) is 4.17. The predicted octanol–water partition coefficient (Wildman–Crippen LogP) is 12.5. The summed E-state index contributed by atoms with van der Waals surface area (Å²) in [5, 5.41) is 9.83. The molecule has 0 aliphatic heterocycles. The zero-order valence-electron chi connectivity index (χ0n) is 25.3. The van der Waals surface area contributed by atoms with Gasteiger partial charge in [0.25, 0.3) is 0 Å². The van der Waals surface area contributed by atoms with Crippen molar-refractivity contribution in [1.82, 2.24) is 9.97 Å². The van der Waals surface area contributed by atoms with Gasteiger partial charge in [0.1, 0.15) is 0 Å². The van der Waals surface area contributed by atoms with E-state index in [1.807, 2.05) is 17.4 Å². The molecule has 0 unspecified atom stereocenters. The summed E-state index contributed by atoms with van der Waals surface area (Å²) in [4.78, 5) is 10.4. The first kappa shape index (κ1) is 26.3. The Bertz CT molecular complexity index is 2850. The zero-order chi connectivity index (χ0) is 30.9. The van der Waals surface area contributed by atoms with Crippen LogP contribution < -0.4 is 0 Å². The lowest BCUT2D eigenvalue weighted by atomic mass is 9.92. The van der Waals surface area contributed by atoms with Crippen LogP contribution in [0.25, 0.3) is 97.2 Å². The minimum Gasteiger partial charge on any atom is -0.245 e. The van der Waals surface area contributed by atoms with Gasteiger partial charge < -0.3 is 0 Å². The van der Waals surface area contributed by atoms with Crippen LogP contribution >= 0.6 is 11.3 Å². The highest BCUT2D eigenvalue weighted by molar-refractivity contribution is 7.26. The molecule has 10 aromatic rings. The van der Waals surface area contributed by atoms with Crippen LogP contribution in [0.1, 0.15) is 0 Å². The van der Waals surface area contributed by atoms with E-state index in [1.165, 1.54) is 52.8 Å². The highest BCUT2D eigenvalue weighted by Gasteiger charge is 2.14. The average Bonchev–Trinajstić information content (AvgIpc) is 3.53. The summed E-state index contributed by atoms with van der Waals surface area (Å²) in [6, 6.07) is 56.6. The van der Waals surface area contributed by atoms with Crippen molar-refractivity contribution in [2.45, 2.75) is 0 Å². The van der Waals surface area contributed by atoms with Gasteiger partial charge in [-0.2, -0.15) is 0 Å². The molecule has 0 saturated heterocycles. The molecule has 218 valence electrons. The van der Waals surface area contributed by atoms with E-state index in [4.69, 9.17) is 9.97 Å². The fourth-order valence-electron chi connectivity index (χ4n) is 7.14. The van der Waals surface area contributed by atoms with Gasteiger partial charge in [-0.3, -0.25) is 0 Å². The van der Waals surface area contributed by atoms with Crippen LogP contribution in [0.15, 0.2) is 158 Å². The summed E-state index contributed by atoms with van der Waals surface area (Å²) in [5.74, 6) is 0. The fourth-order valence-corrected chi connectivity index (χ4v) is 8.38. The van der Waals surface area contributed by atoms with Gasteiger partial charge in [0.05, 0.1) is 22.4 Å². The quantitative estimate of drug-likeness (QED) is 0.185. The minimum atomic E-state index is 0.924. The van der Waals surface area contributed by atoms with Gasteiger partial charge in [-0.15, -0.1) is 11.3 Å². The second-order valence-electron chi connectivity index (χ2n) is 12.2. The van der Waals surface area contributed by atoms with Crippen molar-refractivity contribution in [3.05, 3.63) is 158 Å². The minimum absolute atomic E-state index is 0.924. The normalized spacial score (nSPS) is 11.8. The Morgan fingerprint density at radius 2 is 0.957 bits per heavy atom. The first-order chi connectivity index (χ1) is 23.3. The molecule has 0 atom stereocenters. The molecular formula is C44H26N2S. The van der Waals surface area contributed by atoms with E-state index in [-0.39, 0.29) is 0 Å². The molecule has 0 aliphatic carbocycles. The molecule has 47 heavy (non-hydrogen) atoms. The molecule has 0 N–H and O–H groups in total. The van der Waals surface area contributed by atoms with E-state index in [1.54, 1.807) is 0 Å². The summed E-state index contributed by atoms with van der Waals surface area (Å²) in [7, 11) is 0. The van der Waals surface area contributed by atoms with Crippen molar-refractivity contribution in [3.63, 3.8) is 0 Å². The van der Waals surface area contributed by atoms with Crippen LogP contribution in [0.4, 0.5) is 0 Å². The summed E-state index contributed by atoms with van der Waals surface area (Å²) in [6.07, 6.45) is 0. The molecule has 10 rings (SSSR count). The summed E-state index contributed by atoms with van der Waals surface area (Å²) in [5.41, 5.74) is 8.42. The first-order valence-electron chi connectivity index (χ1n) is 15.9. The summed E-state index contributed by atoms with van der Waals surface area (Å²) in [6.45, 7) is 0. The summed E-state index contributed by atoms with van der Waals surface area (Å²) < 4.78 is 2.69. The maximum atomic E-state index is 5.29. The standard InChI is InChI=1S/C44H26N2S/c1-2-8-27(9-3-1)39-24-18-28-14-15-29-19-25-40(46-43(29)42(28)45-39)36-23-22-32(34-10-4-5-11-35(34)36)30-16-20-33-31(26-30)17-21-38-37-12-6-7-13-41(37)47-44(33)38/h1-26H. The SMILES string of the molecule is c1ccc(-c2ccc3ccc4ccc(-c5ccc(-c6ccc7c(ccc8c9ccccc9sc78)c6)c6ccccc56)nc4c3n2)cc1. The third-order valence-corrected chi connectivity index (χ3v) is 10.7. The Hall–Kier alpha value is -5.90. The Morgan fingerprint density at radius 1 is 0.362 bits per heavy atom. The predicted molar refractivity (Wildman–Crippen MR) is 201 cm³/mol. The molecular weight excluding hydrogens is 589 g/mol. The molecule has 0 bridgehead atoms. The Kier molecular flexibility index (Phi) is 5.78. The number of nitrogens with zero attached hydrogens (tertiary/aromatic N) is 2. The maximum absolute atomic E-state index is 5.29. The molecule has 3 aromatic heterocycles. The van der Waals surface area contributed by atoms with Crippen LogP contribution in [-0.4, -0.2) is 9.97 Å². The lowest BCUT2D eigenvalue weighted by Crippen LogP contribution is -1.92. The van der Waals surface area contributed by atoms with Gasteiger partial charge in [-0.1, -0.05) is 133 Å². The molecule has 0 radical (unpaired) electrons. The van der Waals surface area contributed by atoms with E-state index in [0.29, 0.717) is 0 Å². The number of rotatable bonds is 3. The van der Waals surface area contributed by atoms with Crippen molar-refractivity contribution in [1.29, 1.82) is 0 Å². The lowest BCUT2D eigenvalue weighted by molar-refractivity contribution is 1.37. The van der Waals surface area contributed by atoms with Crippen molar-refractivity contribution >= 4 is 74.9 Å². The van der Waals surface area contributed by atoms with Gasteiger partial charge >= 0.3 is 0 Å². The van der Waals surface area contributed by atoms with Crippen molar-refractivity contribution in [2.75, 3.05) is 0 Å². The van der Waals surface area contributed by atoms with E-state index >= 15 is 0 Å². The first-order valence-corrected chi connectivity index (χ1v) is 16.7. The summed E-state index contributed by atoms with van der Waals surface area (Å²) >= 11 is 1.88. The average molecular weight is 615 g/mol. The molecule has 0 aliphatic rings. The van der Waals surface area contributed by atoms with Crippen LogP contribution in [0.2, 0.25) is 0 Å². The maximum Gasteiger partial charge on any atom is 0.0972 e. The van der Waals surface area contributed by atoms with E-state index in [0.717, 1.165) is 44.3 Å². The Morgan fingerprint density at radius 3 is 1.77 bits per heavy atom. The highest BCUT2D eigenvalue weighted by Crippen LogP contribution is 2.41. The number of fused-ring (bicyclic) bond motifs is 9. The largest absolute Gasteiger partial charge is 0.245 e. The molecule has 0 amide bonds. The van der Waals surface area contributed by atoms with Gasteiger partial charge in [0, 0.05) is 42.1 Å². The van der Waals surface area contributed by atoms with Crippen LogP contribution in [0.3, 0.4) is 0 Å². The number of pyridine rings is 2. The molecule has 3 heterocycles. The van der Waals surface area contributed by atoms with Crippen LogP contribution in [0.5, 0.6) is 0 Å². The van der Waals surface area contributed by atoms with E-state index in [9.17, 15) is 0 Å². The fraction of sp³-hybridized carbons (Fsp3) is 0. The second-order valence-corrected chi connectivity index (χ2v) is 13.2. The Balaban J connectivity index is 1.12. The lowest BCUT2D eigenvalue weighted by Gasteiger charge is -2.13. The molecule has 7 aromatic carbocycles. The Labute approximate surface area is 275 Å². The number of hydrogen-bond donors (Lipinski definition) is 0. The van der Waals surface area contributed by atoms with Crippen molar-refractivity contribution < 1.29 is 0 Å². The molecule has 0 saturated carbocycles. The van der Waals surface area contributed by atoms with Crippen LogP contribution in [-0.2, 0) is 0 Å². The number of hydrogen-bond acceptors (Lipinski definition) is 3. The third-order valence-electron chi connectivity index (χ3n) is 9.46. The molecule has 3 heteroatoms. The van der Waals surface area contributed by atoms with Gasteiger partial charge in [0.15, 0.2) is 0 Å². The van der Waals surface area contributed by atoms with Gasteiger partial charge in [-0.25, -0.2) is 9.97 Å². The van der Waals surface area contributed by atoms with Crippen molar-refractivity contribution in [2.24, 2.45) is 0 Å². The number of thiophene rings is 1. The van der Waals surface area contributed by atoms with Gasteiger partial charge in [0.2, 0.25) is 0 Å². The topological polar surface area (TPSA) is 25.8 Å².